The molecule has 0 heterocycles. The van der Waals surface area contributed by atoms with Gasteiger partial charge in [-0.25, -0.2) is 0 Å². The lowest BCUT2D eigenvalue weighted by atomic mass is 9.83. The molecule has 0 radical (unpaired) electrons. The highest BCUT2D eigenvalue weighted by atomic mass is 35.5. The molecule has 3 rings (SSSR count). The Labute approximate surface area is 127 Å². The second-order valence-electron chi connectivity index (χ2n) is 6.83. The zero-order valence-corrected chi connectivity index (χ0v) is 13.0. The number of halogens is 1. The lowest BCUT2D eigenvalue weighted by Gasteiger charge is -2.26. The van der Waals surface area contributed by atoms with Crippen molar-refractivity contribution in [2.75, 3.05) is 0 Å². The Morgan fingerprint density at radius 2 is 2.20 bits per heavy atom. The molecule has 1 aromatic rings. The van der Waals surface area contributed by atoms with Crippen molar-refractivity contribution < 1.29 is 0 Å². The molecule has 3 N–H and O–H groups in total. The largest absolute Gasteiger partial charge is 0.271 e. The van der Waals surface area contributed by atoms with Crippen LogP contribution in [0, 0.1) is 24.7 Å². The molecular weight excluding hydrogens is 268 g/mol. The van der Waals surface area contributed by atoms with Crippen LogP contribution in [0.2, 0.25) is 5.02 Å². The van der Waals surface area contributed by atoms with Gasteiger partial charge < -0.3 is 0 Å². The van der Waals surface area contributed by atoms with Crippen LogP contribution in [0.5, 0.6) is 0 Å². The van der Waals surface area contributed by atoms with E-state index in [4.69, 9.17) is 17.4 Å². The SMILES string of the molecule is Cc1ccc(CC(CC2CC3CCC2C3)NN)c(Cl)c1. The normalized spacial score (nSPS) is 29.9. The average molecular weight is 293 g/mol. The van der Waals surface area contributed by atoms with Crippen molar-refractivity contribution in [2.45, 2.75) is 51.5 Å². The molecule has 2 bridgehead atoms. The fourth-order valence-corrected chi connectivity index (χ4v) is 4.64. The molecule has 4 atom stereocenters. The van der Waals surface area contributed by atoms with E-state index >= 15 is 0 Å². The smallest absolute Gasteiger partial charge is 0.0441 e. The van der Waals surface area contributed by atoms with Gasteiger partial charge in [0.25, 0.3) is 0 Å². The van der Waals surface area contributed by atoms with E-state index in [2.05, 4.69) is 24.5 Å². The maximum atomic E-state index is 6.34. The molecule has 1 aromatic carbocycles. The number of nitrogens with one attached hydrogen (secondary N) is 1. The first-order chi connectivity index (χ1) is 9.65. The van der Waals surface area contributed by atoms with Crippen molar-refractivity contribution in [2.24, 2.45) is 23.6 Å². The van der Waals surface area contributed by atoms with Crippen molar-refractivity contribution in [3.63, 3.8) is 0 Å². The van der Waals surface area contributed by atoms with Gasteiger partial charge >= 0.3 is 0 Å². The molecule has 2 saturated carbocycles. The molecule has 110 valence electrons. The number of fused-ring (bicyclic) bond motifs is 2. The van der Waals surface area contributed by atoms with E-state index < -0.39 is 0 Å². The standard InChI is InChI=1S/C17H25ClN2/c1-11-2-4-14(17(18)6-11)9-16(20-19)10-15-8-12-3-5-13(15)7-12/h2,4,6,12-13,15-16,20H,3,5,7-10,19H2,1H3. The summed E-state index contributed by atoms with van der Waals surface area (Å²) in [4.78, 5) is 0. The summed E-state index contributed by atoms with van der Waals surface area (Å²) in [5, 5.41) is 0.873. The number of benzene rings is 1. The Bertz CT molecular complexity index is 474. The van der Waals surface area contributed by atoms with E-state index in [1.807, 2.05) is 6.07 Å². The van der Waals surface area contributed by atoms with E-state index in [-0.39, 0.29) is 0 Å². The van der Waals surface area contributed by atoms with Gasteiger partial charge in [-0.3, -0.25) is 11.3 Å². The van der Waals surface area contributed by atoms with Gasteiger partial charge in [-0.1, -0.05) is 30.2 Å². The predicted molar refractivity (Wildman–Crippen MR) is 84.6 cm³/mol. The molecule has 4 unspecified atom stereocenters. The highest BCUT2D eigenvalue weighted by Crippen LogP contribution is 2.50. The van der Waals surface area contributed by atoms with Gasteiger partial charge in [0.05, 0.1) is 0 Å². The fourth-order valence-electron chi connectivity index (χ4n) is 4.32. The van der Waals surface area contributed by atoms with Crippen LogP contribution in [0.4, 0.5) is 0 Å². The Morgan fingerprint density at radius 3 is 2.80 bits per heavy atom. The summed E-state index contributed by atoms with van der Waals surface area (Å²) in [5.74, 6) is 8.63. The number of aryl methyl sites for hydroxylation is 1. The minimum Gasteiger partial charge on any atom is -0.271 e. The highest BCUT2D eigenvalue weighted by molar-refractivity contribution is 6.31. The van der Waals surface area contributed by atoms with E-state index in [1.165, 1.54) is 43.2 Å². The van der Waals surface area contributed by atoms with Crippen LogP contribution in [0.15, 0.2) is 18.2 Å². The van der Waals surface area contributed by atoms with Crippen molar-refractivity contribution >= 4 is 11.6 Å². The lowest BCUT2D eigenvalue weighted by molar-refractivity contribution is 0.277. The summed E-state index contributed by atoms with van der Waals surface area (Å²) in [6, 6.07) is 6.66. The molecule has 3 heteroatoms. The first-order valence-corrected chi connectivity index (χ1v) is 8.24. The molecule has 2 fully saturated rings. The zero-order valence-electron chi connectivity index (χ0n) is 12.2. The van der Waals surface area contributed by atoms with E-state index in [1.54, 1.807) is 0 Å². The first-order valence-electron chi connectivity index (χ1n) is 7.87. The second kappa shape index (κ2) is 6.05. The van der Waals surface area contributed by atoms with Gasteiger partial charge in [0.1, 0.15) is 0 Å². The first kappa shape index (κ1) is 14.4. The molecule has 0 amide bonds. The maximum Gasteiger partial charge on any atom is 0.0441 e. The summed E-state index contributed by atoms with van der Waals surface area (Å²) in [6.07, 6.45) is 7.92. The lowest BCUT2D eigenvalue weighted by Crippen LogP contribution is -2.39. The van der Waals surface area contributed by atoms with Gasteiger partial charge in [-0.15, -0.1) is 0 Å². The molecular formula is C17H25ClN2. The second-order valence-corrected chi connectivity index (χ2v) is 7.24. The van der Waals surface area contributed by atoms with Crippen molar-refractivity contribution in [3.8, 4) is 0 Å². The van der Waals surface area contributed by atoms with Gasteiger partial charge in [0.2, 0.25) is 0 Å². The van der Waals surface area contributed by atoms with Crippen molar-refractivity contribution in [1.82, 2.24) is 5.43 Å². The van der Waals surface area contributed by atoms with E-state index in [0.29, 0.717) is 6.04 Å². The summed E-state index contributed by atoms with van der Waals surface area (Å²) >= 11 is 6.34. The number of hydrogen-bond donors (Lipinski definition) is 2. The molecule has 2 aliphatic carbocycles. The average Bonchev–Trinajstić information content (AvgIpc) is 3.03. The molecule has 0 aliphatic heterocycles. The van der Waals surface area contributed by atoms with E-state index in [9.17, 15) is 0 Å². The summed E-state index contributed by atoms with van der Waals surface area (Å²) in [5.41, 5.74) is 5.44. The van der Waals surface area contributed by atoms with Crippen LogP contribution in [-0.4, -0.2) is 6.04 Å². The predicted octanol–water partition coefficient (Wildman–Crippen LogP) is 3.85. The topological polar surface area (TPSA) is 38.0 Å². The van der Waals surface area contributed by atoms with Gasteiger partial charge in [-0.2, -0.15) is 0 Å². The number of hydrazine groups is 1. The quantitative estimate of drug-likeness (QED) is 0.639. The fraction of sp³-hybridized carbons (Fsp3) is 0.647. The van der Waals surface area contributed by atoms with Crippen molar-refractivity contribution in [1.29, 1.82) is 0 Å². The molecule has 2 nitrogen and oxygen atoms in total. The number of rotatable bonds is 5. The Balaban J connectivity index is 1.62. The van der Waals surface area contributed by atoms with E-state index in [0.717, 1.165) is 29.2 Å². The Kier molecular flexibility index (Phi) is 4.34. The van der Waals surface area contributed by atoms with Crippen LogP contribution < -0.4 is 11.3 Å². The minimum atomic E-state index is 0.347. The third kappa shape index (κ3) is 3.03. The molecule has 0 aromatic heterocycles. The monoisotopic (exact) mass is 292 g/mol. The number of hydrogen-bond acceptors (Lipinski definition) is 2. The van der Waals surface area contributed by atoms with Gasteiger partial charge in [0.15, 0.2) is 0 Å². The molecule has 20 heavy (non-hydrogen) atoms. The Hall–Kier alpha value is -0.570. The van der Waals surface area contributed by atoms with Crippen molar-refractivity contribution in [3.05, 3.63) is 34.3 Å². The van der Waals surface area contributed by atoms with Crippen LogP contribution >= 0.6 is 11.6 Å². The van der Waals surface area contributed by atoms with Gasteiger partial charge in [-0.05, 0) is 74.0 Å². The summed E-state index contributed by atoms with van der Waals surface area (Å²) in [7, 11) is 0. The van der Waals surface area contributed by atoms with Crippen LogP contribution in [0.3, 0.4) is 0 Å². The van der Waals surface area contributed by atoms with Crippen LogP contribution in [0.25, 0.3) is 0 Å². The Morgan fingerprint density at radius 1 is 1.35 bits per heavy atom. The third-order valence-electron chi connectivity index (χ3n) is 5.38. The highest BCUT2D eigenvalue weighted by Gasteiger charge is 2.39. The third-order valence-corrected chi connectivity index (χ3v) is 5.73. The molecule has 2 aliphatic rings. The van der Waals surface area contributed by atoms with Gasteiger partial charge in [0, 0.05) is 11.1 Å². The van der Waals surface area contributed by atoms with Crippen LogP contribution in [0.1, 0.15) is 43.2 Å². The summed E-state index contributed by atoms with van der Waals surface area (Å²) in [6.45, 7) is 2.07. The number of nitrogens with two attached hydrogens (primary N) is 1. The molecule has 0 saturated heterocycles. The van der Waals surface area contributed by atoms with Crippen LogP contribution in [-0.2, 0) is 6.42 Å². The zero-order chi connectivity index (χ0) is 14.1. The molecule has 0 spiro atoms. The minimum absolute atomic E-state index is 0.347. The summed E-state index contributed by atoms with van der Waals surface area (Å²) < 4.78 is 0. The maximum absolute atomic E-state index is 6.34.